The van der Waals surface area contributed by atoms with Crippen molar-refractivity contribution < 1.29 is 19.0 Å². The fraction of sp³-hybridized carbons (Fsp3) is 0.536. The number of hydrogen-bond acceptors (Lipinski definition) is 5. The molecule has 180 valence electrons. The molecule has 0 saturated carbocycles. The summed E-state index contributed by atoms with van der Waals surface area (Å²) in [5, 5.41) is 3.11. The first-order valence-corrected chi connectivity index (χ1v) is 12.9. The molecule has 2 aromatic rings. The summed E-state index contributed by atoms with van der Waals surface area (Å²) in [6.45, 7) is 5.46. The normalized spacial score (nSPS) is 28.6. The van der Waals surface area contributed by atoms with Crippen molar-refractivity contribution in [2.45, 2.75) is 50.2 Å². The quantitative estimate of drug-likeness (QED) is 0.701. The Labute approximate surface area is 201 Å². The van der Waals surface area contributed by atoms with Gasteiger partial charge in [-0.25, -0.2) is 4.79 Å². The van der Waals surface area contributed by atoms with Crippen LogP contribution < -0.4 is 10.1 Å². The molecule has 6 nitrogen and oxygen atoms in total. The number of amides is 1. The van der Waals surface area contributed by atoms with Crippen LogP contribution in [0, 0.1) is 5.92 Å². The molecule has 0 spiro atoms. The van der Waals surface area contributed by atoms with E-state index in [9.17, 15) is 4.79 Å². The Morgan fingerprint density at radius 2 is 1.68 bits per heavy atom. The van der Waals surface area contributed by atoms with Gasteiger partial charge < -0.3 is 19.5 Å². The molecule has 1 amide bonds. The maximum atomic E-state index is 12.7. The standard InChI is InChI=1S/C28H34N2O4/c31-28(34-27-18-30-12-7-22(27)8-13-30)29-25-11-16-33-26-17-23(5-6-24(25)26)20-3-1-19(2-4-20)21-9-14-32-15-10-21/h1-6,17,21-22,25,27H,7-16,18H2,(H,29,31)/t25?,27-/m1/s1. The van der Waals surface area contributed by atoms with Crippen molar-refractivity contribution in [3.8, 4) is 16.9 Å². The molecule has 6 heteroatoms. The summed E-state index contributed by atoms with van der Waals surface area (Å²) in [5.41, 5.74) is 4.73. The SMILES string of the molecule is O=C(NC1CCOc2cc(-c3ccc(C4CCOCC4)cc3)ccc21)O[C@@H]1CN2CCC1CC2. The number of carbonyl (C=O) groups is 1. The molecule has 2 atom stereocenters. The van der Waals surface area contributed by atoms with Gasteiger partial charge in [0.2, 0.25) is 0 Å². The Kier molecular flexibility index (Phi) is 6.18. The summed E-state index contributed by atoms with van der Waals surface area (Å²) in [7, 11) is 0. The van der Waals surface area contributed by atoms with Crippen LogP contribution in [-0.4, -0.2) is 56.6 Å². The zero-order valence-corrected chi connectivity index (χ0v) is 19.7. The largest absolute Gasteiger partial charge is 0.493 e. The third-order valence-corrected chi connectivity index (χ3v) is 8.14. The fourth-order valence-corrected chi connectivity index (χ4v) is 6.06. The molecule has 5 heterocycles. The van der Waals surface area contributed by atoms with Crippen LogP contribution in [-0.2, 0) is 9.47 Å². The maximum absolute atomic E-state index is 12.7. The number of nitrogens with zero attached hydrogens (tertiary/aromatic N) is 1. The molecular weight excluding hydrogens is 428 g/mol. The average Bonchev–Trinajstić information content (AvgIpc) is 2.90. The van der Waals surface area contributed by atoms with Gasteiger partial charge in [0.05, 0.1) is 12.6 Å². The molecule has 4 saturated heterocycles. The number of hydrogen-bond donors (Lipinski definition) is 1. The van der Waals surface area contributed by atoms with Gasteiger partial charge in [0.25, 0.3) is 0 Å². The predicted molar refractivity (Wildman–Crippen MR) is 130 cm³/mol. The molecule has 0 radical (unpaired) electrons. The lowest BCUT2D eigenvalue weighted by atomic mass is 9.86. The van der Waals surface area contributed by atoms with Crippen molar-refractivity contribution in [3.63, 3.8) is 0 Å². The van der Waals surface area contributed by atoms with Crippen molar-refractivity contribution in [2.75, 3.05) is 39.5 Å². The van der Waals surface area contributed by atoms with Crippen molar-refractivity contribution in [1.29, 1.82) is 0 Å². The molecular formula is C28H34N2O4. The second-order valence-corrected chi connectivity index (χ2v) is 10.2. The molecule has 5 aliphatic heterocycles. The fourth-order valence-electron chi connectivity index (χ4n) is 6.06. The molecule has 2 aromatic carbocycles. The summed E-state index contributed by atoms with van der Waals surface area (Å²) in [6.07, 6.45) is 4.94. The monoisotopic (exact) mass is 462 g/mol. The molecule has 34 heavy (non-hydrogen) atoms. The topological polar surface area (TPSA) is 60.0 Å². The molecule has 7 rings (SSSR count). The number of nitrogens with one attached hydrogen (secondary N) is 1. The number of alkyl carbamates (subject to hydrolysis) is 1. The van der Waals surface area contributed by atoms with Gasteiger partial charge in [-0.15, -0.1) is 0 Å². The Balaban J connectivity index is 1.12. The van der Waals surface area contributed by atoms with Crippen LogP contribution in [0.25, 0.3) is 11.1 Å². The number of ether oxygens (including phenoxy) is 3. The third-order valence-electron chi connectivity index (χ3n) is 8.14. The zero-order valence-electron chi connectivity index (χ0n) is 19.7. The van der Waals surface area contributed by atoms with E-state index in [1.54, 1.807) is 0 Å². The summed E-state index contributed by atoms with van der Waals surface area (Å²) in [6, 6.07) is 15.2. The lowest BCUT2D eigenvalue weighted by Gasteiger charge is -2.44. The van der Waals surface area contributed by atoms with Gasteiger partial charge in [0.1, 0.15) is 11.9 Å². The van der Waals surface area contributed by atoms with Crippen molar-refractivity contribution in [2.24, 2.45) is 5.92 Å². The van der Waals surface area contributed by atoms with E-state index in [0.717, 1.165) is 81.8 Å². The van der Waals surface area contributed by atoms with Crippen LogP contribution in [0.3, 0.4) is 0 Å². The Bertz CT molecular complexity index is 1010. The van der Waals surface area contributed by atoms with Crippen LogP contribution in [0.5, 0.6) is 5.75 Å². The lowest BCUT2D eigenvalue weighted by molar-refractivity contribution is -0.0342. The second-order valence-electron chi connectivity index (χ2n) is 10.2. The highest BCUT2D eigenvalue weighted by atomic mass is 16.6. The highest BCUT2D eigenvalue weighted by molar-refractivity contribution is 5.70. The van der Waals surface area contributed by atoms with Gasteiger partial charge in [-0.2, -0.15) is 0 Å². The molecule has 0 aromatic heterocycles. The van der Waals surface area contributed by atoms with E-state index in [0.29, 0.717) is 18.4 Å². The van der Waals surface area contributed by atoms with Gasteiger partial charge in [0, 0.05) is 31.7 Å². The summed E-state index contributed by atoms with van der Waals surface area (Å²) < 4.78 is 17.4. The van der Waals surface area contributed by atoms with Crippen molar-refractivity contribution in [1.82, 2.24) is 10.2 Å². The van der Waals surface area contributed by atoms with E-state index in [2.05, 4.69) is 52.7 Å². The Hall–Kier alpha value is -2.57. The van der Waals surface area contributed by atoms with E-state index in [1.807, 2.05) is 0 Å². The first kappa shape index (κ1) is 21.9. The second kappa shape index (κ2) is 9.59. The molecule has 0 aliphatic carbocycles. The third kappa shape index (κ3) is 4.53. The number of piperidine rings is 3. The van der Waals surface area contributed by atoms with Gasteiger partial charge in [-0.3, -0.25) is 4.90 Å². The average molecular weight is 463 g/mol. The molecule has 1 N–H and O–H groups in total. The van der Waals surface area contributed by atoms with Gasteiger partial charge in [-0.1, -0.05) is 36.4 Å². The van der Waals surface area contributed by atoms with Gasteiger partial charge in [0.15, 0.2) is 0 Å². The van der Waals surface area contributed by atoms with E-state index >= 15 is 0 Å². The zero-order chi connectivity index (χ0) is 22.9. The van der Waals surface area contributed by atoms with Crippen molar-refractivity contribution >= 4 is 6.09 Å². The van der Waals surface area contributed by atoms with Crippen LogP contribution in [0.1, 0.15) is 55.2 Å². The van der Waals surface area contributed by atoms with Crippen molar-refractivity contribution in [3.05, 3.63) is 53.6 Å². The highest BCUT2D eigenvalue weighted by Gasteiger charge is 2.37. The molecule has 4 fully saturated rings. The lowest BCUT2D eigenvalue weighted by Crippen LogP contribution is -2.52. The minimum atomic E-state index is -0.302. The molecule has 2 bridgehead atoms. The van der Waals surface area contributed by atoms with Crippen LogP contribution in [0.15, 0.2) is 42.5 Å². The smallest absolute Gasteiger partial charge is 0.407 e. The number of carbonyl (C=O) groups excluding carboxylic acids is 1. The number of fused-ring (bicyclic) bond motifs is 4. The number of rotatable bonds is 4. The van der Waals surface area contributed by atoms with Crippen LogP contribution >= 0.6 is 0 Å². The van der Waals surface area contributed by atoms with Gasteiger partial charge >= 0.3 is 6.09 Å². The highest BCUT2D eigenvalue weighted by Crippen LogP contribution is 2.37. The van der Waals surface area contributed by atoms with Crippen LogP contribution in [0.2, 0.25) is 0 Å². The first-order chi connectivity index (χ1) is 16.7. The minimum Gasteiger partial charge on any atom is -0.493 e. The molecule has 1 unspecified atom stereocenters. The Morgan fingerprint density at radius 1 is 0.912 bits per heavy atom. The minimum absolute atomic E-state index is 0.0216. The summed E-state index contributed by atoms with van der Waals surface area (Å²) in [5.74, 6) is 1.96. The summed E-state index contributed by atoms with van der Waals surface area (Å²) in [4.78, 5) is 15.1. The molecule has 5 aliphatic rings. The summed E-state index contributed by atoms with van der Waals surface area (Å²) >= 11 is 0. The van der Waals surface area contributed by atoms with Gasteiger partial charge in [-0.05, 0) is 73.4 Å². The number of benzene rings is 2. The first-order valence-electron chi connectivity index (χ1n) is 12.9. The maximum Gasteiger partial charge on any atom is 0.407 e. The Morgan fingerprint density at radius 3 is 2.41 bits per heavy atom. The van der Waals surface area contributed by atoms with Crippen LogP contribution in [0.4, 0.5) is 4.79 Å². The van der Waals surface area contributed by atoms with E-state index in [4.69, 9.17) is 14.2 Å². The van der Waals surface area contributed by atoms with E-state index in [-0.39, 0.29) is 18.2 Å². The van der Waals surface area contributed by atoms with E-state index < -0.39 is 0 Å². The predicted octanol–water partition coefficient (Wildman–Crippen LogP) is 4.89. The van der Waals surface area contributed by atoms with E-state index in [1.165, 1.54) is 11.1 Å².